The monoisotopic (exact) mass is 310 g/mol. The molecule has 1 unspecified atom stereocenters. The number of hydrogen-bond donors (Lipinski definition) is 2. The van der Waals surface area contributed by atoms with Gasteiger partial charge in [0.15, 0.2) is 5.82 Å². The molecule has 122 valence electrons. The quantitative estimate of drug-likeness (QED) is 0.823. The van der Waals surface area contributed by atoms with Crippen LogP contribution in [0.3, 0.4) is 0 Å². The summed E-state index contributed by atoms with van der Waals surface area (Å²) in [5, 5.41) is 9.24. The third-order valence-electron chi connectivity index (χ3n) is 2.87. The van der Waals surface area contributed by atoms with E-state index in [1.165, 1.54) is 19.6 Å². The lowest BCUT2D eigenvalue weighted by atomic mass is 10.2. The number of nitrogens with two attached hydrogens (primary N) is 1. The third-order valence-corrected chi connectivity index (χ3v) is 2.87. The standard InChI is InChI=1S/C11H15FN4O2.C2H6.C2H2/c1-18-7(5-17)2-3-16-4-8(12)9-10(13)14-6-15-11(9)16;2*1-2/h4,6-7,17H,2-3,5H2,1H3,(H2,13,14,15);1-2H3;1-2H. The number of aromatic nitrogens is 3. The van der Waals surface area contributed by atoms with E-state index in [-0.39, 0.29) is 23.9 Å². The molecule has 22 heavy (non-hydrogen) atoms. The SMILES string of the molecule is C#C.CC.COC(CO)CCn1cc(F)c2c(N)ncnc21. The first-order chi connectivity index (χ1) is 10.7. The summed E-state index contributed by atoms with van der Waals surface area (Å²) in [5.74, 6) is -0.317. The zero-order chi connectivity index (χ0) is 17.1. The van der Waals surface area contributed by atoms with E-state index in [1.54, 1.807) is 4.57 Å². The smallest absolute Gasteiger partial charge is 0.154 e. The van der Waals surface area contributed by atoms with E-state index in [0.29, 0.717) is 18.6 Å². The fourth-order valence-corrected chi connectivity index (χ4v) is 1.84. The first-order valence-electron chi connectivity index (χ1n) is 6.89. The van der Waals surface area contributed by atoms with Crippen molar-refractivity contribution in [3.8, 4) is 12.8 Å². The van der Waals surface area contributed by atoms with Crippen LogP contribution in [0.2, 0.25) is 0 Å². The molecule has 0 amide bonds. The number of aryl methyl sites for hydroxylation is 1. The van der Waals surface area contributed by atoms with Crippen LogP contribution in [0.15, 0.2) is 12.5 Å². The van der Waals surface area contributed by atoms with Crippen molar-refractivity contribution in [2.45, 2.75) is 32.9 Å². The number of nitrogens with zero attached hydrogens (tertiary/aromatic N) is 3. The molecule has 0 saturated carbocycles. The second-order valence-electron chi connectivity index (χ2n) is 3.96. The van der Waals surface area contributed by atoms with Gasteiger partial charge in [0.25, 0.3) is 0 Å². The van der Waals surface area contributed by atoms with Crippen LogP contribution in [0.25, 0.3) is 11.0 Å². The molecule has 0 aliphatic rings. The number of hydrogen-bond acceptors (Lipinski definition) is 5. The molecule has 1 atom stereocenters. The average molecular weight is 310 g/mol. The molecule has 0 aromatic carbocycles. The summed E-state index contributed by atoms with van der Waals surface area (Å²) in [7, 11) is 1.52. The molecule has 0 aliphatic carbocycles. The highest BCUT2D eigenvalue weighted by Crippen LogP contribution is 2.22. The lowest BCUT2D eigenvalue weighted by molar-refractivity contribution is 0.0405. The Labute approximate surface area is 130 Å². The maximum atomic E-state index is 13.7. The van der Waals surface area contributed by atoms with Crippen LogP contribution < -0.4 is 5.73 Å². The van der Waals surface area contributed by atoms with Gasteiger partial charge in [-0.25, -0.2) is 14.4 Å². The Balaban J connectivity index is 0.00000102. The first kappa shape index (κ1) is 19.8. The number of rotatable bonds is 5. The molecule has 2 heterocycles. The Morgan fingerprint density at radius 2 is 2.05 bits per heavy atom. The summed E-state index contributed by atoms with van der Waals surface area (Å²) in [6, 6.07) is 0. The molecule has 7 heteroatoms. The van der Waals surface area contributed by atoms with E-state index in [9.17, 15) is 4.39 Å². The van der Waals surface area contributed by atoms with Gasteiger partial charge in [-0.1, -0.05) is 13.8 Å². The molecule has 2 rings (SSSR count). The van der Waals surface area contributed by atoms with Crippen molar-refractivity contribution >= 4 is 16.9 Å². The van der Waals surface area contributed by atoms with Gasteiger partial charge in [-0.3, -0.25) is 0 Å². The molecule has 2 aromatic heterocycles. The number of aliphatic hydroxyl groups is 1. The number of fused-ring (bicyclic) bond motifs is 1. The van der Waals surface area contributed by atoms with E-state index in [4.69, 9.17) is 15.6 Å². The Morgan fingerprint density at radius 3 is 2.59 bits per heavy atom. The van der Waals surface area contributed by atoms with Crippen molar-refractivity contribution in [1.29, 1.82) is 0 Å². The van der Waals surface area contributed by atoms with Crippen LogP contribution in [-0.2, 0) is 11.3 Å². The molecule has 3 N–H and O–H groups in total. The van der Waals surface area contributed by atoms with E-state index in [2.05, 4.69) is 22.8 Å². The minimum absolute atomic E-state index is 0.0741. The number of methoxy groups -OCH3 is 1. The van der Waals surface area contributed by atoms with Crippen molar-refractivity contribution in [3.05, 3.63) is 18.3 Å². The van der Waals surface area contributed by atoms with E-state index in [0.717, 1.165) is 0 Å². The first-order valence-corrected chi connectivity index (χ1v) is 6.89. The maximum Gasteiger partial charge on any atom is 0.154 e. The maximum absolute atomic E-state index is 13.7. The molecule has 0 spiro atoms. The van der Waals surface area contributed by atoms with Gasteiger partial charge in [-0.2, -0.15) is 0 Å². The topological polar surface area (TPSA) is 86.2 Å². The number of ether oxygens (including phenoxy) is 1. The van der Waals surface area contributed by atoms with E-state index in [1.807, 2.05) is 13.8 Å². The number of nitrogen functional groups attached to an aromatic ring is 1. The van der Waals surface area contributed by atoms with Crippen LogP contribution in [0, 0.1) is 18.7 Å². The fraction of sp³-hybridized carbons (Fsp3) is 0.467. The van der Waals surface area contributed by atoms with Gasteiger partial charge in [0.2, 0.25) is 0 Å². The molecule has 2 aromatic rings. The molecule has 0 aliphatic heterocycles. The second kappa shape index (κ2) is 10.5. The zero-order valence-corrected chi connectivity index (χ0v) is 13.2. The molecule has 0 radical (unpaired) electrons. The summed E-state index contributed by atoms with van der Waals surface area (Å²) in [6.45, 7) is 4.41. The number of anilines is 1. The van der Waals surface area contributed by atoms with Gasteiger partial charge in [0.1, 0.15) is 17.8 Å². The minimum atomic E-state index is -0.443. The lowest BCUT2D eigenvalue weighted by Gasteiger charge is -2.12. The Kier molecular flexibility index (Phi) is 9.50. The molecular weight excluding hydrogens is 287 g/mol. The number of terminal acetylenes is 1. The van der Waals surface area contributed by atoms with Gasteiger partial charge >= 0.3 is 0 Å². The largest absolute Gasteiger partial charge is 0.394 e. The lowest BCUT2D eigenvalue weighted by Crippen LogP contribution is -2.18. The van der Waals surface area contributed by atoms with E-state index >= 15 is 0 Å². The zero-order valence-electron chi connectivity index (χ0n) is 13.2. The summed E-state index contributed by atoms with van der Waals surface area (Å²) < 4.78 is 20.4. The predicted molar refractivity (Wildman–Crippen MR) is 85.6 cm³/mol. The molecule has 0 bridgehead atoms. The highest BCUT2D eigenvalue weighted by atomic mass is 19.1. The third kappa shape index (κ3) is 4.69. The normalized spacial score (nSPS) is 11.0. The van der Waals surface area contributed by atoms with Crippen molar-refractivity contribution in [1.82, 2.24) is 14.5 Å². The molecule has 0 fully saturated rings. The summed E-state index contributed by atoms with van der Waals surface area (Å²) >= 11 is 0. The van der Waals surface area contributed by atoms with Gasteiger partial charge < -0.3 is 20.1 Å². The van der Waals surface area contributed by atoms with Gasteiger partial charge in [-0.05, 0) is 6.42 Å². The van der Waals surface area contributed by atoms with Crippen molar-refractivity contribution in [2.75, 3.05) is 19.5 Å². The summed E-state index contributed by atoms with van der Waals surface area (Å²) in [4.78, 5) is 7.78. The number of aliphatic hydroxyl groups excluding tert-OH is 1. The Bertz CT molecular complexity index is 579. The van der Waals surface area contributed by atoms with Crippen molar-refractivity contribution < 1.29 is 14.2 Å². The Hall–Kier alpha value is -2.17. The highest BCUT2D eigenvalue weighted by Gasteiger charge is 2.14. The van der Waals surface area contributed by atoms with Gasteiger partial charge in [0, 0.05) is 19.9 Å². The fourth-order valence-electron chi connectivity index (χ4n) is 1.84. The van der Waals surface area contributed by atoms with Crippen molar-refractivity contribution in [2.24, 2.45) is 0 Å². The van der Waals surface area contributed by atoms with Crippen LogP contribution in [0.1, 0.15) is 20.3 Å². The second-order valence-corrected chi connectivity index (χ2v) is 3.96. The number of halogens is 1. The Morgan fingerprint density at radius 1 is 1.41 bits per heavy atom. The molecule has 0 saturated heterocycles. The van der Waals surface area contributed by atoms with Crippen LogP contribution in [-0.4, -0.2) is 39.5 Å². The average Bonchev–Trinajstić information content (AvgIpc) is 2.90. The molecule has 6 nitrogen and oxygen atoms in total. The van der Waals surface area contributed by atoms with Crippen LogP contribution >= 0.6 is 0 Å². The minimum Gasteiger partial charge on any atom is -0.394 e. The van der Waals surface area contributed by atoms with E-state index < -0.39 is 5.82 Å². The summed E-state index contributed by atoms with van der Waals surface area (Å²) in [6.07, 6.45) is 10.9. The van der Waals surface area contributed by atoms with Gasteiger partial charge in [0.05, 0.1) is 18.1 Å². The highest BCUT2D eigenvalue weighted by molar-refractivity contribution is 5.86. The summed E-state index contributed by atoms with van der Waals surface area (Å²) in [5.41, 5.74) is 6.06. The van der Waals surface area contributed by atoms with Crippen LogP contribution in [0.5, 0.6) is 0 Å². The predicted octanol–water partition coefficient (Wildman–Crippen LogP) is 1.83. The van der Waals surface area contributed by atoms with Crippen molar-refractivity contribution in [3.63, 3.8) is 0 Å². The molecular formula is C15H23FN4O2. The van der Waals surface area contributed by atoms with Crippen LogP contribution in [0.4, 0.5) is 10.2 Å². The van der Waals surface area contributed by atoms with Gasteiger partial charge in [-0.15, -0.1) is 12.8 Å².